The van der Waals surface area contributed by atoms with Crippen LogP contribution in [-0.4, -0.2) is 15.8 Å². The second-order valence-electron chi connectivity index (χ2n) is 4.80. The Kier molecular flexibility index (Phi) is 4.54. The lowest BCUT2D eigenvalue weighted by Crippen LogP contribution is -2.07. The van der Waals surface area contributed by atoms with Gasteiger partial charge in [0.2, 0.25) is 5.91 Å². The first-order chi connectivity index (χ1) is 11.5. The molecule has 0 aliphatic carbocycles. The van der Waals surface area contributed by atoms with Crippen LogP contribution in [0.2, 0.25) is 5.02 Å². The molecule has 0 saturated carbocycles. The van der Waals surface area contributed by atoms with Gasteiger partial charge in [-0.1, -0.05) is 35.1 Å². The minimum absolute atomic E-state index is 0.00772. The Hall–Kier alpha value is -2.77. The van der Waals surface area contributed by atoms with Crippen molar-refractivity contribution in [3.63, 3.8) is 0 Å². The fraction of sp³-hybridized carbons (Fsp3) is 0. The molecule has 1 aromatic heterocycles. The van der Waals surface area contributed by atoms with Gasteiger partial charge in [-0.05, 0) is 29.8 Å². The lowest BCUT2D eigenvalue weighted by molar-refractivity contribution is -0.384. The number of amides is 1. The third-order valence-electron chi connectivity index (χ3n) is 3.11. The molecule has 1 N–H and O–H groups in total. The molecule has 2 aromatic carbocycles. The zero-order valence-electron chi connectivity index (χ0n) is 12.1. The molecule has 0 saturated heterocycles. The molecular weight excluding hydrogens is 350 g/mol. The molecular formula is C16H10ClN3O3S. The number of nitrogens with zero attached hydrogens (tertiary/aromatic N) is 2. The van der Waals surface area contributed by atoms with Crippen LogP contribution < -0.4 is 5.32 Å². The number of fused-ring (bicyclic) bond motifs is 1. The minimum Gasteiger partial charge on any atom is -0.298 e. The third kappa shape index (κ3) is 3.76. The van der Waals surface area contributed by atoms with E-state index in [0.29, 0.717) is 20.4 Å². The van der Waals surface area contributed by atoms with Crippen LogP contribution in [0.3, 0.4) is 0 Å². The van der Waals surface area contributed by atoms with E-state index in [1.54, 1.807) is 36.4 Å². The summed E-state index contributed by atoms with van der Waals surface area (Å²) in [5, 5.41) is 14.4. The summed E-state index contributed by atoms with van der Waals surface area (Å²) >= 11 is 6.98. The summed E-state index contributed by atoms with van der Waals surface area (Å²) in [7, 11) is 0. The van der Waals surface area contributed by atoms with E-state index < -0.39 is 4.92 Å². The summed E-state index contributed by atoms with van der Waals surface area (Å²) in [6, 6.07) is 11.4. The predicted molar refractivity (Wildman–Crippen MR) is 95.4 cm³/mol. The van der Waals surface area contributed by atoms with E-state index >= 15 is 0 Å². The lowest BCUT2D eigenvalue weighted by Gasteiger charge is -1.96. The van der Waals surface area contributed by atoms with E-state index in [1.807, 2.05) is 0 Å². The zero-order valence-corrected chi connectivity index (χ0v) is 13.7. The number of non-ortho nitro benzene ring substituents is 1. The number of anilines is 1. The van der Waals surface area contributed by atoms with E-state index in [2.05, 4.69) is 10.3 Å². The van der Waals surface area contributed by atoms with Crippen molar-refractivity contribution in [3.8, 4) is 0 Å². The Morgan fingerprint density at radius 2 is 2.00 bits per heavy atom. The number of nitro benzene ring substituents is 1. The van der Waals surface area contributed by atoms with Crippen LogP contribution in [0.15, 0.2) is 48.5 Å². The Labute approximate surface area is 145 Å². The maximum Gasteiger partial charge on any atom is 0.270 e. The first kappa shape index (κ1) is 16.1. The van der Waals surface area contributed by atoms with E-state index in [-0.39, 0.29) is 11.6 Å². The van der Waals surface area contributed by atoms with Gasteiger partial charge in [-0.2, -0.15) is 0 Å². The average Bonchev–Trinajstić information content (AvgIpc) is 2.95. The highest BCUT2D eigenvalue weighted by molar-refractivity contribution is 7.22. The number of thiazole rings is 1. The van der Waals surface area contributed by atoms with Gasteiger partial charge in [0.05, 0.1) is 15.1 Å². The van der Waals surface area contributed by atoms with Crippen molar-refractivity contribution in [2.24, 2.45) is 0 Å². The van der Waals surface area contributed by atoms with Gasteiger partial charge in [-0.15, -0.1) is 0 Å². The second kappa shape index (κ2) is 6.77. The van der Waals surface area contributed by atoms with Crippen LogP contribution >= 0.6 is 22.9 Å². The van der Waals surface area contributed by atoms with E-state index in [9.17, 15) is 14.9 Å². The molecule has 0 spiro atoms. The van der Waals surface area contributed by atoms with Gasteiger partial charge in [0.1, 0.15) is 0 Å². The molecule has 24 heavy (non-hydrogen) atoms. The highest BCUT2D eigenvalue weighted by Crippen LogP contribution is 2.29. The summed E-state index contributed by atoms with van der Waals surface area (Å²) in [4.78, 5) is 26.5. The summed E-state index contributed by atoms with van der Waals surface area (Å²) in [5.74, 6) is -0.335. The number of hydrogen-bond acceptors (Lipinski definition) is 5. The van der Waals surface area contributed by atoms with Crippen LogP contribution in [0.4, 0.5) is 10.8 Å². The summed E-state index contributed by atoms with van der Waals surface area (Å²) < 4.78 is 0.640. The Morgan fingerprint density at radius 1 is 1.25 bits per heavy atom. The van der Waals surface area contributed by atoms with Crippen LogP contribution in [0.5, 0.6) is 0 Å². The molecule has 0 aliphatic heterocycles. The molecule has 0 atom stereocenters. The zero-order chi connectivity index (χ0) is 17.1. The Balaban J connectivity index is 1.73. The number of nitrogens with one attached hydrogen (secondary N) is 1. The molecule has 0 bridgehead atoms. The molecule has 1 heterocycles. The van der Waals surface area contributed by atoms with Crippen LogP contribution in [0.25, 0.3) is 16.3 Å². The highest BCUT2D eigenvalue weighted by Gasteiger charge is 2.11. The number of nitro groups is 1. The van der Waals surface area contributed by atoms with E-state index in [1.165, 1.54) is 29.5 Å². The number of halogens is 1. The molecule has 6 nitrogen and oxygen atoms in total. The Morgan fingerprint density at radius 3 is 2.71 bits per heavy atom. The van der Waals surface area contributed by atoms with Gasteiger partial charge in [0.15, 0.2) is 5.13 Å². The van der Waals surface area contributed by atoms with Gasteiger partial charge < -0.3 is 0 Å². The van der Waals surface area contributed by atoms with Crippen molar-refractivity contribution in [1.82, 2.24) is 4.98 Å². The molecule has 0 unspecified atom stereocenters. The number of aromatic nitrogens is 1. The molecule has 0 radical (unpaired) electrons. The van der Waals surface area contributed by atoms with Gasteiger partial charge in [-0.3, -0.25) is 20.2 Å². The molecule has 3 rings (SSSR count). The standard InChI is InChI=1S/C16H10ClN3O3S/c17-11-4-1-10(2-5-11)3-8-15(21)19-16-18-13-7-6-12(20(22)23)9-14(13)24-16/h1-9H,(H,18,19,21)/b8-3+. The maximum absolute atomic E-state index is 11.9. The number of hydrogen-bond donors (Lipinski definition) is 1. The fourth-order valence-corrected chi connectivity index (χ4v) is 3.00. The van der Waals surface area contributed by atoms with Crippen molar-refractivity contribution < 1.29 is 9.72 Å². The largest absolute Gasteiger partial charge is 0.298 e. The van der Waals surface area contributed by atoms with Crippen molar-refractivity contribution in [3.05, 3.63) is 69.2 Å². The molecule has 0 aliphatic rings. The Bertz CT molecular complexity index is 951. The lowest BCUT2D eigenvalue weighted by atomic mass is 10.2. The smallest absolute Gasteiger partial charge is 0.270 e. The average molecular weight is 360 g/mol. The number of rotatable bonds is 4. The van der Waals surface area contributed by atoms with Crippen LogP contribution in [0, 0.1) is 10.1 Å². The van der Waals surface area contributed by atoms with Crippen molar-refractivity contribution in [1.29, 1.82) is 0 Å². The third-order valence-corrected chi connectivity index (χ3v) is 4.30. The number of benzene rings is 2. The van der Waals surface area contributed by atoms with Gasteiger partial charge in [-0.25, -0.2) is 4.98 Å². The van der Waals surface area contributed by atoms with Crippen molar-refractivity contribution in [2.75, 3.05) is 5.32 Å². The molecule has 3 aromatic rings. The molecule has 0 fully saturated rings. The maximum atomic E-state index is 11.9. The SMILES string of the molecule is O=C(/C=C/c1ccc(Cl)cc1)Nc1nc2ccc([N+](=O)[O-])cc2s1. The van der Waals surface area contributed by atoms with Gasteiger partial charge >= 0.3 is 0 Å². The van der Waals surface area contributed by atoms with E-state index in [0.717, 1.165) is 5.56 Å². The number of carbonyl (C=O) groups excluding carboxylic acids is 1. The minimum atomic E-state index is -0.466. The second-order valence-corrected chi connectivity index (χ2v) is 6.27. The highest BCUT2D eigenvalue weighted by atomic mass is 35.5. The number of carbonyl (C=O) groups is 1. The van der Waals surface area contributed by atoms with Crippen molar-refractivity contribution >= 4 is 56.0 Å². The molecule has 120 valence electrons. The normalized spacial score (nSPS) is 11.0. The van der Waals surface area contributed by atoms with Crippen LogP contribution in [-0.2, 0) is 4.79 Å². The summed E-state index contributed by atoms with van der Waals surface area (Å²) in [6.45, 7) is 0. The monoisotopic (exact) mass is 359 g/mol. The van der Waals surface area contributed by atoms with Crippen molar-refractivity contribution in [2.45, 2.75) is 0 Å². The fourth-order valence-electron chi connectivity index (χ4n) is 1.97. The first-order valence-electron chi connectivity index (χ1n) is 6.81. The first-order valence-corrected chi connectivity index (χ1v) is 8.00. The van der Waals surface area contributed by atoms with Gasteiger partial charge in [0.25, 0.3) is 5.69 Å². The molecule has 8 heteroatoms. The molecule has 1 amide bonds. The summed E-state index contributed by atoms with van der Waals surface area (Å²) in [6.07, 6.45) is 3.04. The topological polar surface area (TPSA) is 85.1 Å². The van der Waals surface area contributed by atoms with E-state index in [4.69, 9.17) is 11.6 Å². The quantitative estimate of drug-likeness (QED) is 0.422. The predicted octanol–water partition coefficient (Wildman–Crippen LogP) is 4.51. The summed E-state index contributed by atoms with van der Waals surface area (Å²) in [5.41, 5.74) is 1.43. The van der Waals surface area contributed by atoms with Crippen LogP contribution in [0.1, 0.15) is 5.56 Å². The van der Waals surface area contributed by atoms with Gasteiger partial charge in [0, 0.05) is 23.2 Å².